The van der Waals surface area contributed by atoms with Crippen LogP contribution in [0.2, 0.25) is 0 Å². The normalized spacial score (nSPS) is 11.4. The molecule has 0 aromatic heterocycles. The number of aliphatic hydroxyl groups is 1. The molecule has 1 aromatic rings. The van der Waals surface area contributed by atoms with Crippen LogP contribution in [0.3, 0.4) is 0 Å². The summed E-state index contributed by atoms with van der Waals surface area (Å²) in [7, 11) is 0. The van der Waals surface area contributed by atoms with Crippen molar-refractivity contribution in [3.05, 3.63) is 35.4 Å². The number of amides is 2. The standard InChI is InChI=1S/C13H17N3O2/c1-10(16-13(18)15-7-2-8-17)12-5-3-11(9-14)4-6-12/h3-6,10,17H,2,7-8H2,1H3,(H2,15,16,18). The molecule has 0 spiro atoms. The van der Waals surface area contributed by atoms with Crippen LogP contribution in [0.15, 0.2) is 24.3 Å². The molecule has 0 bridgehead atoms. The van der Waals surface area contributed by atoms with Gasteiger partial charge in [-0.05, 0) is 31.0 Å². The van der Waals surface area contributed by atoms with Crippen molar-refractivity contribution in [1.82, 2.24) is 10.6 Å². The van der Waals surface area contributed by atoms with Crippen LogP contribution in [0.25, 0.3) is 0 Å². The van der Waals surface area contributed by atoms with Gasteiger partial charge in [-0.3, -0.25) is 0 Å². The van der Waals surface area contributed by atoms with Gasteiger partial charge in [-0.15, -0.1) is 0 Å². The number of nitrogens with one attached hydrogen (secondary N) is 2. The van der Waals surface area contributed by atoms with E-state index in [1.54, 1.807) is 12.1 Å². The summed E-state index contributed by atoms with van der Waals surface area (Å²) in [6.07, 6.45) is 0.540. The third-order valence-corrected chi connectivity index (χ3v) is 2.51. The highest BCUT2D eigenvalue weighted by Gasteiger charge is 2.08. The lowest BCUT2D eigenvalue weighted by atomic mass is 10.1. The van der Waals surface area contributed by atoms with Gasteiger partial charge in [0, 0.05) is 13.2 Å². The molecule has 1 unspecified atom stereocenters. The summed E-state index contributed by atoms with van der Waals surface area (Å²) in [6, 6.07) is 8.72. The fraction of sp³-hybridized carbons (Fsp3) is 0.385. The zero-order valence-corrected chi connectivity index (χ0v) is 10.3. The fourth-order valence-electron chi connectivity index (χ4n) is 1.46. The maximum absolute atomic E-state index is 11.5. The number of carbonyl (C=O) groups excluding carboxylic acids is 1. The smallest absolute Gasteiger partial charge is 0.315 e. The third kappa shape index (κ3) is 4.44. The van der Waals surface area contributed by atoms with E-state index in [9.17, 15) is 4.79 Å². The Morgan fingerprint density at radius 2 is 2.11 bits per heavy atom. The molecular formula is C13H17N3O2. The number of rotatable bonds is 5. The molecule has 0 saturated carbocycles. The number of nitriles is 1. The Morgan fingerprint density at radius 3 is 2.67 bits per heavy atom. The van der Waals surface area contributed by atoms with E-state index in [1.165, 1.54) is 0 Å². The van der Waals surface area contributed by atoms with Crippen LogP contribution in [-0.2, 0) is 0 Å². The molecule has 0 aliphatic carbocycles. The minimum absolute atomic E-state index is 0.0610. The van der Waals surface area contributed by atoms with E-state index < -0.39 is 0 Å². The number of carbonyl (C=O) groups is 1. The largest absolute Gasteiger partial charge is 0.396 e. The fourth-order valence-corrected chi connectivity index (χ4v) is 1.46. The van der Waals surface area contributed by atoms with Crippen molar-refractivity contribution in [3.63, 3.8) is 0 Å². The van der Waals surface area contributed by atoms with Gasteiger partial charge in [-0.2, -0.15) is 5.26 Å². The lowest BCUT2D eigenvalue weighted by Gasteiger charge is -2.15. The number of benzene rings is 1. The number of hydrogen-bond acceptors (Lipinski definition) is 3. The molecule has 0 aliphatic heterocycles. The first-order chi connectivity index (χ1) is 8.67. The Labute approximate surface area is 106 Å². The Hall–Kier alpha value is -2.06. The molecule has 1 rings (SSSR count). The van der Waals surface area contributed by atoms with Crippen LogP contribution >= 0.6 is 0 Å². The van der Waals surface area contributed by atoms with Crippen molar-refractivity contribution in [2.24, 2.45) is 0 Å². The van der Waals surface area contributed by atoms with Crippen molar-refractivity contribution in [1.29, 1.82) is 5.26 Å². The first-order valence-electron chi connectivity index (χ1n) is 5.82. The summed E-state index contributed by atoms with van der Waals surface area (Å²) in [6.45, 7) is 2.38. The lowest BCUT2D eigenvalue weighted by Crippen LogP contribution is -2.37. The highest BCUT2D eigenvalue weighted by molar-refractivity contribution is 5.74. The highest BCUT2D eigenvalue weighted by atomic mass is 16.3. The highest BCUT2D eigenvalue weighted by Crippen LogP contribution is 2.12. The minimum Gasteiger partial charge on any atom is -0.396 e. The van der Waals surface area contributed by atoms with Crippen LogP contribution in [0.4, 0.5) is 4.79 Å². The molecular weight excluding hydrogens is 230 g/mol. The molecule has 5 nitrogen and oxygen atoms in total. The molecule has 0 heterocycles. The van der Waals surface area contributed by atoms with E-state index in [0.29, 0.717) is 18.5 Å². The van der Waals surface area contributed by atoms with E-state index in [1.807, 2.05) is 25.1 Å². The van der Waals surface area contributed by atoms with Crippen molar-refractivity contribution < 1.29 is 9.90 Å². The quantitative estimate of drug-likeness (QED) is 0.685. The van der Waals surface area contributed by atoms with E-state index >= 15 is 0 Å². The van der Waals surface area contributed by atoms with Gasteiger partial charge in [-0.1, -0.05) is 12.1 Å². The molecule has 3 N–H and O–H groups in total. The molecule has 0 fully saturated rings. The first kappa shape index (κ1) is 14.0. The number of urea groups is 1. The number of nitrogens with zero attached hydrogens (tertiary/aromatic N) is 1. The molecule has 18 heavy (non-hydrogen) atoms. The number of aliphatic hydroxyl groups excluding tert-OH is 1. The second kappa shape index (κ2) is 7.30. The van der Waals surface area contributed by atoms with Gasteiger partial charge in [0.15, 0.2) is 0 Å². The second-order valence-corrected chi connectivity index (χ2v) is 3.93. The van der Waals surface area contributed by atoms with Crippen molar-refractivity contribution in [2.45, 2.75) is 19.4 Å². The Bertz CT molecular complexity index is 423. The van der Waals surface area contributed by atoms with Crippen molar-refractivity contribution >= 4 is 6.03 Å². The van der Waals surface area contributed by atoms with Gasteiger partial charge in [0.05, 0.1) is 17.7 Å². The van der Waals surface area contributed by atoms with Gasteiger partial charge in [-0.25, -0.2) is 4.79 Å². The monoisotopic (exact) mass is 247 g/mol. The summed E-state index contributed by atoms with van der Waals surface area (Å²) in [4.78, 5) is 11.5. The predicted molar refractivity (Wildman–Crippen MR) is 67.8 cm³/mol. The van der Waals surface area contributed by atoms with Gasteiger partial charge in [0.2, 0.25) is 0 Å². The predicted octanol–water partition coefficient (Wildman–Crippen LogP) is 1.30. The second-order valence-electron chi connectivity index (χ2n) is 3.93. The Balaban J connectivity index is 2.46. The minimum atomic E-state index is -0.264. The molecule has 5 heteroatoms. The molecule has 96 valence electrons. The van der Waals surface area contributed by atoms with Gasteiger partial charge < -0.3 is 15.7 Å². The van der Waals surface area contributed by atoms with Gasteiger partial charge in [0.25, 0.3) is 0 Å². The Morgan fingerprint density at radius 1 is 1.44 bits per heavy atom. The molecule has 0 saturated heterocycles. The molecule has 0 radical (unpaired) electrons. The summed E-state index contributed by atoms with van der Waals surface area (Å²) >= 11 is 0. The maximum Gasteiger partial charge on any atom is 0.315 e. The van der Waals surface area contributed by atoms with E-state index in [2.05, 4.69) is 10.6 Å². The molecule has 2 amide bonds. The van der Waals surface area contributed by atoms with E-state index in [-0.39, 0.29) is 18.7 Å². The van der Waals surface area contributed by atoms with Crippen LogP contribution in [0, 0.1) is 11.3 Å². The average molecular weight is 247 g/mol. The molecule has 1 atom stereocenters. The van der Waals surface area contributed by atoms with Crippen LogP contribution in [0.5, 0.6) is 0 Å². The molecule has 1 aromatic carbocycles. The van der Waals surface area contributed by atoms with Gasteiger partial charge in [0.1, 0.15) is 0 Å². The van der Waals surface area contributed by atoms with E-state index in [4.69, 9.17) is 10.4 Å². The zero-order valence-electron chi connectivity index (χ0n) is 10.3. The van der Waals surface area contributed by atoms with Gasteiger partial charge >= 0.3 is 6.03 Å². The Kier molecular flexibility index (Phi) is 5.68. The maximum atomic E-state index is 11.5. The molecule has 0 aliphatic rings. The zero-order chi connectivity index (χ0) is 13.4. The van der Waals surface area contributed by atoms with Crippen LogP contribution in [-0.4, -0.2) is 24.3 Å². The van der Waals surface area contributed by atoms with Crippen LogP contribution in [0.1, 0.15) is 30.5 Å². The summed E-state index contributed by atoms with van der Waals surface area (Å²) in [5.41, 5.74) is 1.53. The van der Waals surface area contributed by atoms with Crippen molar-refractivity contribution in [3.8, 4) is 6.07 Å². The lowest BCUT2D eigenvalue weighted by molar-refractivity contribution is 0.235. The topological polar surface area (TPSA) is 85.2 Å². The average Bonchev–Trinajstić information content (AvgIpc) is 2.39. The third-order valence-electron chi connectivity index (χ3n) is 2.51. The van der Waals surface area contributed by atoms with Crippen molar-refractivity contribution in [2.75, 3.05) is 13.2 Å². The van der Waals surface area contributed by atoms with Crippen LogP contribution < -0.4 is 10.6 Å². The summed E-state index contributed by atoms with van der Waals surface area (Å²) in [5, 5.41) is 22.7. The summed E-state index contributed by atoms with van der Waals surface area (Å²) < 4.78 is 0. The van der Waals surface area contributed by atoms with E-state index in [0.717, 1.165) is 5.56 Å². The SMILES string of the molecule is CC(NC(=O)NCCCO)c1ccc(C#N)cc1. The number of hydrogen-bond donors (Lipinski definition) is 3. The first-order valence-corrected chi connectivity index (χ1v) is 5.82. The summed E-state index contributed by atoms with van der Waals surface area (Å²) in [5.74, 6) is 0.